The molecule has 2 rings (SSSR count). The van der Waals surface area contributed by atoms with Crippen molar-refractivity contribution in [3.8, 4) is 0 Å². The minimum Gasteiger partial charge on any atom is -0.396 e. The molecule has 0 aromatic rings. The van der Waals surface area contributed by atoms with Gasteiger partial charge in [-0.05, 0) is 33.4 Å². The highest BCUT2D eigenvalue weighted by atomic mass is 32.2. The highest BCUT2D eigenvalue weighted by molar-refractivity contribution is 7.99. The zero-order chi connectivity index (χ0) is 20.1. The molecule has 0 saturated carbocycles. The third-order valence-electron chi connectivity index (χ3n) is 5.34. The summed E-state index contributed by atoms with van der Waals surface area (Å²) in [5, 5.41) is 42.8. The van der Waals surface area contributed by atoms with E-state index in [2.05, 4.69) is 5.32 Å². The number of nitrogens with one attached hydrogen (secondary N) is 1. The van der Waals surface area contributed by atoms with Crippen LogP contribution in [0.3, 0.4) is 0 Å². The maximum atomic E-state index is 12.7. The number of hydrogen-bond donors (Lipinski definition) is 5. The first kappa shape index (κ1) is 22.8. The van der Waals surface area contributed by atoms with Crippen LogP contribution in [0.4, 0.5) is 0 Å². The maximum Gasteiger partial charge on any atom is 0.237 e. The minimum absolute atomic E-state index is 0.108. The van der Waals surface area contributed by atoms with Crippen molar-refractivity contribution in [2.75, 3.05) is 33.1 Å². The molecule has 8 atom stereocenters. The van der Waals surface area contributed by atoms with E-state index in [0.717, 1.165) is 31.1 Å². The topological polar surface area (TPSA) is 132 Å². The fraction of sp³-hybridized carbons (Fsp3) is 0.941. The highest BCUT2D eigenvalue weighted by Gasteiger charge is 2.48. The van der Waals surface area contributed by atoms with Crippen molar-refractivity contribution in [1.82, 2.24) is 10.2 Å². The third-order valence-corrected chi connectivity index (χ3v) is 6.48. The second-order valence-corrected chi connectivity index (χ2v) is 8.36. The molecule has 2 fully saturated rings. The average Bonchev–Trinajstić information content (AvgIpc) is 3.09. The van der Waals surface area contributed by atoms with E-state index in [1.54, 1.807) is 6.92 Å². The summed E-state index contributed by atoms with van der Waals surface area (Å²) in [7, 11) is 3.38. The predicted octanol–water partition coefficient (Wildman–Crippen LogP) is -1.87. The van der Waals surface area contributed by atoms with Gasteiger partial charge in [0.25, 0.3) is 0 Å². The first-order valence-electron chi connectivity index (χ1n) is 9.27. The van der Waals surface area contributed by atoms with Crippen LogP contribution in [0.25, 0.3) is 0 Å². The standard InChI is InChI=1S/C17H32N2O7S/c1-9(25-3)11(18-16(24)10-5-4-6-19(10)2)15-13(22)12(21)14(23)17(26-15)27-8-7-20/h9-15,17,20-23H,4-8H2,1-3H3,(H,18,24)/t9?,10-,11?,12?,13?,14?,15?,17?/m0/s1. The number of carbonyl (C=O) groups is 1. The van der Waals surface area contributed by atoms with Crippen molar-refractivity contribution in [1.29, 1.82) is 0 Å². The summed E-state index contributed by atoms with van der Waals surface area (Å²) in [6.07, 6.45) is -3.90. The number of rotatable bonds is 8. The maximum absolute atomic E-state index is 12.7. The number of thioether (sulfide) groups is 1. The number of carbonyl (C=O) groups excluding carboxylic acids is 1. The zero-order valence-corrected chi connectivity index (χ0v) is 16.8. The Morgan fingerprint density at radius 2 is 2.04 bits per heavy atom. The van der Waals surface area contributed by atoms with Crippen LogP contribution in [0.1, 0.15) is 19.8 Å². The Labute approximate surface area is 164 Å². The summed E-state index contributed by atoms with van der Waals surface area (Å²) in [4.78, 5) is 14.7. The number of hydrogen-bond acceptors (Lipinski definition) is 9. The fourth-order valence-electron chi connectivity index (χ4n) is 3.59. The number of methoxy groups -OCH3 is 1. The molecule has 2 aliphatic rings. The molecule has 1 amide bonds. The first-order chi connectivity index (χ1) is 12.8. The van der Waals surface area contributed by atoms with Crippen molar-refractivity contribution in [2.45, 2.75) is 67.8 Å². The van der Waals surface area contributed by atoms with E-state index in [9.17, 15) is 20.1 Å². The normalized spacial score (nSPS) is 37.1. The molecule has 9 nitrogen and oxygen atoms in total. The summed E-state index contributed by atoms with van der Waals surface area (Å²) in [6, 6.07) is -0.974. The van der Waals surface area contributed by atoms with Crippen LogP contribution in [-0.4, -0.2) is 112 Å². The molecular weight excluding hydrogens is 376 g/mol. The lowest BCUT2D eigenvalue weighted by molar-refractivity contribution is -0.212. The van der Waals surface area contributed by atoms with Crippen molar-refractivity contribution < 1.29 is 34.7 Å². The van der Waals surface area contributed by atoms with Crippen molar-refractivity contribution in [2.24, 2.45) is 0 Å². The van der Waals surface area contributed by atoms with Crippen LogP contribution in [0.5, 0.6) is 0 Å². The molecule has 10 heteroatoms. The lowest BCUT2D eigenvalue weighted by Gasteiger charge is -2.44. The van der Waals surface area contributed by atoms with Crippen LogP contribution in [0.2, 0.25) is 0 Å². The fourth-order valence-corrected chi connectivity index (χ4v) is 4.49. The predicted molar refractivity (Wildman–Crippen MR) is 100 cm³/mol. The first-order valence-corrected chi connectivity index (χ1v) is 10.3. The van der Waals surface area contributed by atoms with E-state index >= 15 is 0 Å². The summed E-state index contributed by atoms with van der Waals surface area (Å²) >= 11 is 1.14. The zero-order valence-electron chi connectivity index (χ0n) is 16.0. The lowest BCUT2D eigenvalue weighted by atomic mass is 9.92. The van der Waals surface area contributed by atoms with Gasteiger partial charge in [-0.25, -0.2) is 0 Å². The van der Waals surface area contributed by atoms with Gasteiger partial charge in [-0.15, -0.1) is 11.8 Å². The Morgan fingerprint density at radius 1 is 1.33 bits per heavy atom. The molecule has 0 aliphatic carbocycles. The van der Waals surface area contributed by atoms with Gasteiger partial charge in [0.05, 0.1) is 24.8 Å². The molecule has 0 spiro atoms. The Bertz CT molecular complexity index is 486. The van der Waals surface area contributed by atoms with Crippen molar-refractivity contribution in [3.05, 3.63) is 0 Å². The number of likely N-dealkylation sites (N-methyl/N-ethyl adjacent to an activating group) is 1. The van der Waals surface area contributed by atoms with Crippen molar-refractivity contribution in [3.63, 3.8) is 0 Å². The van der Waals surface area contributed by atoms with Gasteiger partial charge in [-0.1, -0.05) is 0 Å². The quantitative estimate of drug-likeness (QED) is 0.313. The molecule has 2 heterocycles. The second kappa shape index (κ2) is 10.4. The number of aliphatic hydroxyl groups is 4. The van der Waals surface area contributed by atoms with E-state index in [1.807, 2.05) is 11.9 Å². The summed E-state index contributed by atoms with van der Waals surface area (Å²) in [5.74, 6) is 0.126. The Balaban J connectivity index is 2.16. The third kappa shape index (κ3) is 5.33. The molecule has 0 aromatic carbocycles. The average molecular weight is 409 g/mol. The number of aliphatic hydroxyl groups excluding tert-OH is 4. The van der Waals surface area contributed by atoms with E-state index in [0.29, 0.717) is 5.75 Å². The van der Waals surface area contributed by atoms with Gasteiger partial charge in [-0.3, -0.25) is 9.69 Å². The van der Waals surface area contributed by atoms with Crippen molar-refractivity contribution >= 4 is 17.7 Å². The molecule has 0 aromatic heterocycles. The molecule has 5 N–H and O–H groups in total. The number of nitrogens with zero attached hydrogens (tertiary/aromatic N) is 1. The van der Waals surface area contributed by atoms with Crippen LogP contribution in [-0.2, 0) is 14.3 Å². The molecule has 7 unspecified atom stereocenters. The second-order valence-electron chi connectivity index (χ2n) is 7.15. The van der Waals surface area contributed by atoms with Crippen LogP contribution >= 0.6 is 11.8 Å². The van der Waals surface area contributed by atoms with Gasteiger partial charge in [0, 0.05) is 12.9 Å². The van der Waals surface area contributed by atoms with Crippen LogP contribution in [0, 0.1) is 0 Å². The van der Waals surface area contributed by atoms with Crippen LogP contribution in [0.15, 0.2) is 0 Å². The number of amides is 1. The largest absolute Gasteiger partial charge is 0.396 e. The number of ether oxygens (including phenoxy) is 2. The lowest BCUT2D eigenvalue weighted by Crippen LogP contribution is -2.66. The molecule has 0 radical (unpaired) electrons. The number of likely N-dealkylation sites (tertiary alicyclic amines) is 1. The molecule has 2 saturated heterocycles. The molecule has 0 bridgehead atoms. The van der Waals surface area contributed by atoms with Crippen LogP contribution < -0.4 is 5.32 Å². The van der Waals surface area contributed by atoms with Gasteiger partial charge in [0.1, 0.15) is 29.9 Å². The summed E-state index contributed by atoms with van der Waals surface area (Å²) < 4.78 is 11.2. The van der Waals surface area contributed by atoms with E-state index in [1.165, 1.54) is 7.11 Å². The van der Waals surface area contributed by atoms with Gasteiger partial charge < -0.3 is 35.2 Å². The monoisotopic (exact) mass is 408 g/mol. The smallest absolute Gasteiger partial charge is 0.237 e. The molecular formula is C17H32N2O7S. The molecule has 2 aliphatic heterocycles. The van der Waals surface area contributed by atoms with E-state index < -0.39 is 42.0 Å². The summed E-state index contributed by atoms with van der Waals surface area (Å²) in [5.41, 5.74) is -0.835. The SMILES string of the molecule is COC(C)C(NC(=O)[C@@H]1CCCN1C)C1OC(SCCO)C(O)C(O)C1O. The minimum atomic E-state index is -1.43. The molecule has 158 valence electrons. The Hall–Kier alpha value is -0.460. The van der Waals surface area contributed by atoms with E-state index in [4.69, 9.17) is 14.6 Å². The van der Waals surface area contributed by atoms with E-state index in [-0.39, 0.29) is 18.6 Å². The van der Waals surface area contributed by atoms with Gasteiger partial charge in [-0.2, -0.15) is 0 Å². The van der Waals surface area contributed by atoms with Gasteiger partial charge >= 0.3 is 0 Å². The Morgan fingerprint density at radius 3 is 2.59 bits per heavy atom. The molecule has 27 heavy (non-hydrogen) atoms. The summed E-state index contributed by atoms with van der Waals surface area (Å²) in [6.45, 7) is 2.48. The van der Waals surface area contributed by atoms with Gasteiger partial charge in [0.15, 0.2) is 0 Å². The Kier molecular flexibility index (Phi) is 8.75. The highest BCUT2D eigenvalue weighted by Crippen LogP contribution is 2.31. The van der Waals surface area contributed by atoms with Gasteiger partial charge in [0.2, 0.25) is 5.91 Å².